The molecule has 2 unspecified atom stereocenters. The van der Waals surface area contributed by atoms with Crippen molar-refractivity contribution in [3.8, 4) is 0 Å². The van der Waals surface area contributed by atoms with Crippen LogP contribution in [0.1, 0.15) is 17.4 Å². The van der Waals surface area contributed by atoms with Crippen molar-refractivity contribution >= 4 is 21.8 Å². The van der Waals surface area contributed by atoms with E-state index in [2.05, 4.69) is 20.9 Å². The number of rotatable bonds is 2. The number of carbonyl (C=O) groups is 1. The van der Waals surface area contributed by atoms with Crippen molar-refractivity contribution in [2.45, 2.75) is 18.6 Å². The molecule has 0 spiro atoms. The van der Waals surface area contributed by atoms with Crippen LogP contribution in [0, 0.1) is 5.92 Å². The summed E-state index contributed by atoms with van der Waals surface area (Å²) in [5.41, 5.74) is -0.0763. The van der Waals surface area contributed by atoms with Crippen molar-refractivity contribution in [1.29, 1.82) is 0 Å². The second kappa shape index (κ2) is 3.94. The Morgan fingerprint density at radius 3 is 2.39 bits per heavy atom. The van der Waals surface area contributed by atoms with Gasteiger partial charge in [0, 0.05) is 17.7 Å². The molecule has 3 nitrogen and oxygen atoms in total. The van der Waals surface area contributed by atoms with E-state index >= 15 is 0 Å². The van der Waals surface area contributed by atoms with Crippen molar-refractivity contribution < 1.29 is 18.0 Å². The van der Waals surface area contributed by atoms with Gasteiger partial charge in [-0.1, -0.05) is 6.92 Å². The second-order valence-electron chi connectivity index (χ2n) is 4.24. The van der Waals surface area contributed by atoms with Gasteiger partial charge in [-0.05, 0) is 28.1 Å². The van der Waals surface area contributed by atoms with Crippen LogP contribution in [0.15, 0.2) is 22.8 Å². The van der Waals surface area contributed by atoms with Gasteiger partial charge in [0.15, 0.2) is 0 Å². The molecule has 1 saturated carbocycles. The van der Waals surface area contributed by atoms with Crippen molar-refractivity contribution in [2.75, 3.05) is 7.05 Å². The SMILES string of the molecule is CC1C(F)(F)C1(F)N(C)C(=O)c1ccc(Br)cn1. The quantitative estimate of drug-likeness (QED) is 0.784. The summed E-state index contributed by atoms with van der Waals surface area (Å²) in [7, 11) is 1.02. The fraction of sp³-hybridized carbons (Fsp3) is 0.455. The zero-order chi connectivity index (χ0) is 13.7. The van der Waals surface area contributed by atoms with E-state index < -0.39 is 23.5 Å². The summed E-state index contributed by atoms with van der Waals surface area (Å²) in [5, 5.41) is 0. The largest absolute Gasteiger partial charge is 0.307 e. The molecule has 1 aliphatic carbocycles. The summed E-state index contributed by atoms with van der Waals surface area (Å²) >= 11 is 3.13. The Labute approximate surface area is 110 Å². The molecular formula is C11H10BrF3N2O. The molecule has 2 rings (SSSR count). The molecule has 0 radical (unpaired) electrons. The van der Waals surface area contributed by atoms with E-state index in [4.69, 9.17) is 0 Å². The zero-order valence-electron chi connectivity index (χ0n) is 9.62. The van der Waals surface area contributed by atoms with Crippen LogP contribution < -0.4 is 0 Å². The predicted molar refractivity (Wildman–Crippen MR) is 62.0 cm³/mol. The molecule has 1 fully saturated rings. The molecular weight excluding hydrogens is 313 g/mol. The summed E-state index contributed by atoms with van der Waals surface area (Å²) in [6, 6.07) is 2.88. The van der Waals surface area contributed by atoms with Gasteiger partial charge in [0.25, 0.3) is 11.7 Å². The van der Waals surface area contributed by atoms with Gasteiger partial charge in [-0.2, -0.15) is 0 Å². The highest BCUT2D eigenvalue weighted by atomic mass is 79.9. The number of hydrogen-bond donors (Lipinski definition) is 0. The molecule has 7 heteroatoms. The smallest absolute Gasteiger partial charge is 0.302 e. The molecule has 1 aromatic rings. The maximum absolute atomic E-state index is 14.0. The highest BCUT2D eigenvalue weighted by Gasteiger charge is 2.84. The van der Waals surface area contributed by atoms with Crippen LogP contribution in [-0.4, -0.2) is 34.6 Å². The minimum atomic E-state index is -3.51. The lowest BCUT2D eigenvalue weighted by atomic mass is 10.3. The number of halogens is 4. The molecule has 98 valence electrons. The Hall–Kier alpha value is -1.11. The van der Waals surface area contributed by atoms with Crippen molar-refractivity contribution in [3.05, 3.63) is 28.5 Å². The van der Waals surface area contributed by atoms with Crippen LogP contribution in [0.25, 0.3) is 0 Å². The van der Waals surface area contributed by atoms with Gasteiger partial charge in [-0.3, -0.25) is 4.79 Å². The molecule has 0 aliphatic heterocycles. The van der Waals surface area contributed by atoms with Gasteiger partial charge in [-0.15, -0.1) is 0 Å². The van der Waals surface area contributed by atoms with E-state index in [1.165, 1.54) is 18.3 Å². The van der Waals surface area contributed by atoms with E-state index in [9.17, 15) is 18.0 Å². The Kier molecular flexibility index (Phi) is 2.92. The Balaban J connectivity index is 2.23. The van der Waals surface area contributed by atoms with E-state index in [1.54, 1.807) is 0 Å². The van der Waals surface area contributed by atoms with Gasteiger partial charge in [-0.25, -0.2) is 18.2 Å². The second-order valence-corrected chi connectivity index (χ2v) is 5.16. The zero-order valence-corrected chi connectivity index (χ0v) is 11.2. The van der Waals surface area contributed by atoms with Gasteiger partial charge in [0.1, 0.15) is 5.69 Å². The van der Waals surface area contributed by atoms with Crippen LogP contribution in [0.5, 0.6) is 0 Å². The molecule has 0 aromatic carbocycles. The molecule has 0 saturated heterocycles. The number of nitrogens with zero attached hydrogens (tertiary/aromatic N) is 2. The number of hydrogen-bond acceptors (Lipinski definition) is 2. The first-order chi connectivity index (χ1) is 8.23. The Bertz CT molecular complexity index is 494. The average molecular weight is 323 g/mol. The fourth-order valence-electron chi connectivity index (χ4n) is 1.85. The summed E-state index contributed by atoms with van der Waals surface area (Å²) in [6.45, 7) is 1.07. The Morgan fingerprint density at radius 2 is 2.00 bits per heavy atom. The molecule has 0 N–H and O–H groups in total. The molecule has 1 heterocycles. The van der Waals surface area contributed by atoms with Crippen LogP contribution in [-0.2, 0) is 0 Å². The molecule has 0 bridgehead atoms. The maximum Gasteiger partial charge on any atom is 0.307 e. The third kappa shape index (κ3) is 1.64. The van der Waals surface area contributed by atoms with Crippen LogP contribution in [0.2, 0.25) is 0 Å². The fourth-order valence-corrected chi connectivity index (χ4v) is 2.09. The summed E-state index contributed by atoms with van der Waals surface area (Å²) in [4.78, 5) is 16.0. The number of carbonyl (C=O) groups excluding carboxylic acids is 1. The molecule has 1 amide bonds. The predicted octanol–water partition coefficient (Wildman–Crippen LogP) is 2.87. The van der Waals surface area contributed by atoms with Crippen LogP contribution in [0.3, 0.4) is 0 Å². The first kappa shape index (κ1) is 13.3. The van der Waals surface area contributed by atoms with Gasteiger partial charge < -0.3 is 4.90 Å². The normalized spacial score (nSPS) is 28.9. The monoisotopic (exact) mass is 322 g/mol. The highest BCUT2D eigenvalue weighted by Crippen LogP contribution is 2.62. The molecule has 2 atom stereocenters. The first-order valence-electron chi connectivity index (χ1n) is 5.19. The lowest BCUT2D eigenvalue weighted by Crippen LogP contribution is -2.40. The Morgan fingerprint density at radius 1 is 1.44 bits per heavy atom. The summed E-state index contributed by atoms with van der Waals surface area (Å²) in [5.74, 6) is -8.80. The molecule has 1 aromatic heterocycles. The van der Waals surface area contributed by atoms with Crippen molar-refractivity contribution in [3.63, 3.8) is 0 Å². The van der Waals surface area contributed by atoms with E-state index in [-0.39, 0.29) is 5.69 Å². The van der Waals surface area contributed by atoms with Crippen LogP contribution >= 0.6 is 15.9 Å². The number of pyridine rings is 1. The summed E-state index contributed by atoms with van der Waals surface area (Å²) in [6.07, 6.45) is 1.35. The minimum absolute atomic E-state index is 0.0763. The molecule has 18 heavy (non-hydrogen) atoms. The van der Waals surface area contributed by atoms with Gasteiger partial charge >= 0.3 is 5.92 Å². The third-order valence-corrected chi connectivity index (χ3v) is 3.71. The maximum atomic E-state index is 14.0. The first-order valence-corrected chi connectivity index (χ1v) is 5.98. The van der Waals surface area contributed by atoms with Crippen molar-refractivity contribution in [2.24, 2.45) is 5.92 Å². The minimum Gasteiger partial charge on any atom is -0.302 e. The summed E-state index contributed by atoms with van der Waals surface area (Å²) < 4.78 is 41.0. The number of amides is 1. The van der Waals surface area contributed by atoms with E-state index in [1.807, 2.05) is 0 Å². The van der Waals surface area contributed by atoms with E-state index in [0.29, 0.717) is 9.37 Å². The van der Waals surface area contributed by atoms with Gasteiger partial charge in [0.05, 0.1) is 5.92 Å². The lowest BCUT2D eigenvalue weighted by Gasteiger charge is -2.21. The highest BCUT2D eigenvalue weighted by molar-refractivity contribution is 9.10. The van der Waals surface area contributed by atoms with Crippen LogP contribution in [0.4, 0.5) is 13.2 Å². The number of alkyl halides is 3. The standard InChI is InChI=1S/C11H10BrF3N2O/c1-6-10(13,14)11(6,15)17(2)9(18)8-4-3-7(12)5-16-8/h3-6H,1-2H3. The lowest BCUT2D eigenvalue weighted by molar-refractivity contribution is -0.0277. The topological polar surface area (TPSA) is 33.2 Å². The third-order valence-electron chi connectivity index (χ3n) is 3.24. The van der Waals surface area contributed by atoms with Gasteiger partial charge in [0.2, 0.25) is 0 Å². The molecule has 1 aliphatic rings. The average Bonchev–Trinajstić information content (AvgIpc) is 2.73. The van der Waals surface area contributed by atoms with E-state index in [0.717, 1.165) is 14.0 Å². The number of aromatic nitrogens is 1. The van der Waals surface area contributed by atoms with Crippen molar-refractivity contribution in [1.82, 2.24) is 9.88 Å².